The Labute approximate surface area is 94.1 Å². The largest absolute Gasteiger partial charge is 0.309 e. The molecule has 0 bridgehead atoms. The Morgan fingerprint density at radius 1 is 1.13 bits per heavy atom. The number of hydrogen-bond donors (Lipinski definition) is 0. The predicted octanol–water partition coefficient (Wildman–Crippen LogP) is 3.38. The Morgan fingerprint density at radius 3 is 2.20 bits per heavy atom. The van der Waals surface area contributed by atoms with E-state index in [-0.39, 0.29) is 0 Å². The fourth-order valence-electron chi connectivity index (χ4n) is 2.37. The molecule has 0 radical (unpaired) electrons. The van der Waals surface area contributed by atoms with Gasteiger partial charge in [-0.05, 0) is 37.9 Å². The molecule has 0 aliphatic carbocycles. The zero-order chi connectivity index (χ0) is 11.3. The first-order chi connectivity index (χ1) is 7.15. The fourth-order valence-corrected chi connectivity index (χ4v) is 2.37. The molecule has 0 spiro atoms. The van der Waals surface area contributed by atoms with Crippen LogP contribution in [0.5, 0.6) is 0 Å². The quantitative estimate of drug-likeness (QED) is 0.712. The SMILES string of the molecule is CCC(c1ccccc1)C(C)CN(C)C. The highest BCUT2D eigenvalue weighted by Gasteiger charge is 2.17. The van der Waals surface area contributed by atoms with Crippen molar-refractivity contribution in [1.82, 2.24) is 4.90 Å². The van der Waals surface area contributed by atoms with E-state index in [4.69, 9.17) is 0 Å². The molecule has 1 aromatic rings. The summed E-state index contributed by atoms with van der Waals surface area (Å²) in [7, 11) is 4.29. The van der Waals surface area contributed by atoms with Gasteiger partial charge in [0.1, 0.15) is 0 Å². The molecule has 0 aliphatic rings. The van der Waals surface area contributed by atoms with Crippen LogP contribution >= 0.6 is 0 Å². The molecule has 15 heavy (non-hydrogen) atoms. The van der Waals surface area contributed by atoms with Gasteiger partial charge in [0.25, 0.3) is 0 Å². The van der Waals surface area contributed by atoms with E-state index in [1.165, 1.54) is 12.0 Å². The van der Waals surface area contributed by atoms with Crippen LogP contribution < -0.4 is 0 Å². The Morgan fingerprint density at radius 2 is 1.73 bits per heavy atom. The Balaban J connectivity index is 2.71. The normalized spacial score (nSPS) is 15.3. The van der Waals surface area contributed by atoms with Gasteiger partial charge in [0.2, 0.25) is 0 Å². The molecule has 0 aromatic heterocycles. The Kier molecular flexibility index (Phi) is 4.83. The highest BCUT2D eigenvalue weighted by atomic mass is 15.1. The van der Waals surface area contributed by atoms with Crippen LogP contribution in [0.1, 0.15) is 31.7 Å². The van der Waals surface area contributed by atoms with E-state index in [9.17, 15) is 0 Å². The molecular weight excluding hydrogens is 182 g/mol. The molecule has 0 N–H and O–H groups in total. The highest BCUT2D eigenvalue weighted by molar-refractivity contribution is 5.20. The first-order valence-electron chi connectivity index (χ1n) is 5.84. The lowest BCUT2D eigenvalue weighted by Gasteiger charge is -2.25. The number of nitrogens with zero attached hydrogens (tertiary/aromatic N) is 1. The van der Waals surface area contributed by atoms with Crippen molar-refractivity contribution in [2.75, 3.05) is 20.6 Å². The van der Waals surface area contributed by atoms with E-state index >= 15 is 0 Å². The molecule has 0 aliphatic heterocycles. The third kappa shape index (κ3) is 3.67. The number of rotatable bonds is 5. The lowest BCUT2D eigenvalue weighted by Crippen LogP contribution is -2.24. The van der Waals surface area contributed by atoms with Crippen molar-refractivity contribution in [3.05, 3.63) is 35.9 Å². The van der Waals surface area contributed by atoms with Gasteiger partial charge >= 0.3 is 0 Å². The van der Waals surface area contributed by atoms with Crippen LogP contribution in [0.3, 0.4) is 0 Å². The van der Waals surface area contributed by atoms with Crippen LogP contribution in [0.15, 0.2) is 30.3 Å². The summed E-state index contributed by atoms with van der Waals surface area (Å²) in [5.74, 6) is 1.40. The van der Waals surface area contributed by atoms with Gasteiger partial charge in [-0.15, -0.1) is 0 Å². The van der Waals surface area contributed by atoms with Crippen molar-refractivity contribution < 1.29 is 0 Å². The van der Waals surface area contributed by atoms with Crippen molar-refractivity contribution in [3.8, 4) is 0 Å². The fraction of sp³-hybridized carbons (Fsp3) is 0.571. The summed E-state index contributed by atoms with van der Waals surface area (Å²) in [5.41, 5.74) is 1.48. The maximum atomic E-state index is 2.35. The average molecular weight is 205 g/mol. The van der Waals surface area contributed by atoms with Crippen LogP contribution in [-0.4, -0.2) is 25.5 Å². The molecule has 2 atom stereocenters. The maximum absolute atomic E-state index is 2.35. The second-order valence-electron chi connectivity index (χ2n) is 4.66. The minimum absolute atomic E-state index is 0.689. The number of benzene rings is 1. The second kappa shape index (κ2) is 5.92. The zero-order valence-corrected chi connectivity index (χ0v) is 10.4. The van der Waals surface area contributed by atoms with E-state index in [0.29, 0.717) is 11.8 Å². The van der Waals surface area contributed by atoms with Gasteiger partial charge in [-0.1, -0.05) is 44.2 Å². The summed E-state index contributed by atoms with van der Waals surface area (Å²) in [5, 5.41) is 0. The van der Waals surface area contributed by atoms with Crippen molar-refractivity contribution in [2.45, 2.75) is 26.2 Å². The molecule has 1 rings (SSSR count). The Bertz CT molecular complexity index is 266. The molecule has 0 saturated carbocycles. The topological polar surface area (TPSA) is 3.24 Å². The van der Waals surface area contributed by atoms with Crippen LogP contribution in [0.2, 0.25) is 0 Å². The van der Waals surface area contributed by atoms with E-state index in [0.717, 1.165) is 6.54 Å². The van der Waals surface area contributed by atoms with Crippen molar-refractivity contribution in [2.24, 2.45) is 5.92 Å². The maximum Gasteiger partial charge on any atom is 0.000676 e. The third-order valence-corrected chi connectivity index (χ3v) is 3.01. The third-order valence-electron chi connectivity index (χ3n) is 3.01. The minimum Gasteiger partial charge on any atom is -0.309 e. The number of hydrogen-bond acceptors (Lipinski definition) is 1. The first-order valence-corrected chi connectivity index (χ1v) is 5.84. The van der Waals surface area contributed by atoms with E-state index in [2.05, 4.69) is 63.2 Å². The summed E-state index contributed by atoms with van der Waals surface area (Å²) in [4.78, 5) is 2.27. The molecular formula is C14H23N. The van der Waals surface area contributed by atoms with Gasteiger partial charge in [-0.2, -0.15) is 0 Å². The lowest BCUT2D eigenvalue weighted by atomic mass is 9.85. The summed E-state index contributed by atoms with van der Waals surface area (Å²) in [6.45, 7) is 5.79. The van der Waals surface area contributed by atoms with E-state index in [1.807, 2.05) is 0 Å². The standard InChI is InChI=1S/C14H23N/c1-5-14(12(2)11-15(3)4)13-9-7-6-8-10-13/h6-10,12,14H,5,11H2,1-4H3. The minimum atomic E-state index is 0.689. The molecule has 0 amide bonds. The van der Waals surface area contributed by atoms with Crippen LogP contribution in [0.4, 0.5) is 0 Å². The molecule has 2 unspecified atom stereocenters. The van der Waals surface area contributed by atoms with Crippen molar-refractivity contribution in [1.29, 1.82) is 0 Å². The van der Waals surface area contributed by atoms with Crippen molar-refractivity contribution in [3.63, 3.8) is 0 Å². The molecule has 1 nitrogen and oxygen atoms in total. The van der Waals surface area contributed by atoms with Gasteiger partial charge < -0.3 is 4.90 Å². The van der Waals surface area contributed by atoms with Crippen molar-refractivity contribution >= 4 is 0 Å². The molecule has 84 valence electrons. The van der Waals surface area contributed by atoms with Crippen LogP contribution in [-0.2, 0) is 0 Å². The van der Waals surface area contributed by atoms with E-state index < -0.39 is 0 Å². The van der Waals surface area contributed by atoms with Gasteiger partial charge in [0.05, 0.1) is 0 Å². The summed E-state index contributed by atoms with van der Waals surface area (Å²) in [6.07, 6.45) is 1.22. The molecule has 0 saturated heterocycles. The average Bonchev–Trinajstić information content (AvgIpc) is 2.19. The highest BCUT2D eigenvalue weighted by Crippen LogP contribution is 2.27. The molecule has 0 heterocycles. The van der Waals surface area contributed by atoms with Gasteiger partial charge in [-0.3, -0.25) is 0 Å². The summed E-state index contributed by atoms with van der Waals surface area (Å²) in [6, 6.07) is 10.9. The van der Waals surface area contributed by atoms with E-state index in [1.54, 1.807) is 0 Å². The van der Waals surface area contributed by atoms with Gasteiger partial charge in [0.15, 0.2) is 0 Å². The molecule has 1 heteroatoms. The Hall–Kier alpha value is -0.820. The smallest absolute Gasteiger partial charge is 0.000676 e. The van der Waals surface area contributed by atoms with Crippen LogP contribution in [0.25, 0.3) is 0 Å². The zero-order valence-electron chi connectivity index (χ0n) is 10.4. The second-order valence-corrected chi connectivity index (χ2v) is 4.66. The van der Waals surface area contributed by atoms with Gasteiger partial charge in [-0.25, -0.2) is 0 Å². The monoisotopic (exact) mass is 205 g/mol. The predicted molar refractivity (Wildman–Crippen MR) is 67.2 cm³/mol. The summed E-state index contributed by atoms with van der Waals surface area (Å²) >= 11 is 0. The van der Waals surface area contributed by atoms with Gasteiger partial charge in [0, 0.05) is 6.54 Å². The first kappa shape index (κ1) is 12.3. The molecule has 1 aromatic carbocycles. The summed E-state index contributed by atoms with van der Waals surface area (Å²) < 4.78 is 0. The molecule has 0 fully saturated rings. The lowest BCUT2D eigenvalue weighted by molar-refractivity contribution is 0.301. The van der Waals surface area contributed by atoms with Crippen LogP contribution in [0, 0.1) is 5.92 Å².